The fourth-order valence-corrected chi connectivity index (χ4v) is 3.07. The predicted molar refractivity (Wildman–Crippen MR) is 67.2 cm³/mol. The van der Waals surface area contributed by atoms with Crippen molar-refractivity contribution in [2.75, 3.05) is 13.1 Å². The Balaban J connectivity index is 2.64. The first-order chi connectivity index (χ1) is 7.19. The summed E-state index contributed by atoms with van der Waals surface area (Å²) in [6.07, 6.45) is 6.14. The van der Waals surface area contributed by atoms with Crippen molar-refractivity contribution in [2.24, 2.45) is 0 Å². The number of rotatable bonds is 5. The van der Waals surface area contributed by atoms with Crippen molar-refractivity contribution in [1.82, 2.24) is 4.57 Å². The van der Waals surface area contributed by atoms with E-state index >= 15 is 0 Å². The van der Waals surface area contributed by atoms with Crippen molar-refractivity contribution < 1.29 is 4.24 Å². The maximum atomic E-state index is 2.52. The Hall–Kier alpha value is -0.573. The molecule has 0 aliphatic carbocycles. The summed E-state index contributed by atoms with van der Waals surface area (Å²) in [5, 5.41) is 0. The molecule has 0 amide bonds. The van der Waals surface area contributed by atoms with E-state index in [9.17, 15) is 0 Å². The van der Waals surface area contributed by atoms with Crippen LogP contribution in [-0.2, 0) is 0 Å². The highest BCUT2D eigenvalue weighted by molar-refractivity contribution is 6.25. The molecule has 0 unspecified atom stereocenters. The Morgan fingerprint density at radius 3 is 2.60 bits per heavy atom. The minimum absolute atomic E-state index is 0.823. The molecular formula is C12H23N2Si+. The van der Waals surface area contributed by atoms with Crippen molar-refractivity contribution in [3.8, 4) is 0 Å². The van der Waals surface area contributed by atoms with Gasteiger partial charge in [0, 0.05) is 31.7 Å². The Morgan fingerprint density at radius 1 is 1.27 bits per heavy atom. The predicted octanol–water partition coefficient (Wildman–Crippen LogP) is 2.42. The first kappa shape index (κ1) is 12.5. The van der Waals surface area contributed by atoms with Gasteiger partial charge in [0.25, 0.3) is 0 Å². The van der Waals surface area contributed by atoms with Crippen LogP contribution in [0, 0.1) is 0 Å². The molecule has 0 aromatic heterocycles. The third kappa shape index (κ3) is 3.49. The van der Waals surface area contributed by atoms with Crippen LogP contribution in [0.25, 0.3) is 0 Å². The summed E-state index contributed by atoms with van der Waals surface area (Å²) in [6, 6.07) is 0. The standard InChI is InChI=1S/C12H23N2Si/c1-5-7-9-14-12(4)10-11(3)13(15-14)8-6-2/h10H,5-9H2,1-4H3/q+1. The fraction of sp³-hybridized carbons (Fsp3) is 0.750. The first-order valence-corrected chi connectivity index (χ1v) is 6.91. The summed E-state index contributed by atoms with van der Waals surface area (Å²) >= 11 is 0. The number of hydrogen-bond acceptors (Lipinski definition) is 1. The molecule has 0 saturated carbocycles. The van der Waals surface area contributed by atoms with Crippen LogP contribution < -0.4 is 0 Å². The van der Waals surface area contributed by atoms with Gasteiger partial charge in [0.05, 0.1) is 0 Å². The summed E-state index contributed by atoms with van der Waals surface area (Å²) in [6.45, 7) is 11.4. The highest BCUT2D eigenvalue weighted by Gasteiger charge is 2.25. The van der Waals surface area contributed by atoms with Gasteiger partial charge in [-0.2, -0.15) is 0 Å². The van der Waals surface area contributed by atoms with Gasteiger partial charge < -0.3 is 4.57 Å². The highest BCUT2D eigenvalue weighted by atomic mass is 28.2. The molecule has 84 valence electrons. The lowest BCUT2D eigenvalue weighted by atomic mass is 10.3. The molecule has 1 aliphatic heterocycles. The Morgan fingerprint density at radius 2 is 2.00 bits per heavy atom. The Kier molecular flexibility index (Phi) is 5.09. The average molecular weight is 223 g/mol. The molecule has 0 atom stereocenters. The van der Waals surface area contributed by atoms with Crippen LogP contribution in [0.3, 0.4) is 0 Å². The lowest BCUT2D eigenvalue weighted by molar-refractivity contribution is -0.390. The van der Waals surface area contributed by atoms with Gasteiger partial charge >= 0.3 is 9.84 Å². The minimum Gasteiger partial charge on any atom is -0.341 e. The molecule has 1 heterocycles. The van der Waals surface area contributed by atoms with E-state index in [-0.39, 0.29) is 0 Å². The fourth-order valence-electron chi connectivity index (χ4n) is 1.75. The van der Waals surface area contributed by atoms with Gasteiger partial charge in [-0.15, -0.1) is 0 Å². The Bertz CT molecular complexity index is 269. The van der Waals surface area contributed by atoms with E-state index in [2.05, 4.69) is 42.6 Å². The van der Waals surface area contributed by atoms with Crippen LogP contribution in [0.2, 0.25) is 0 Å². The molecule has 0 bridgehead atoms. The summed E-state index contributed by atoms with van der Waals surface area (Å²) in [5.41, 5.74) is 2.87. The lowest BCUT2D eigenvalue weighted by Gasteiger charge is -2.24. The van der Waals surface area contributed by atoms with Crippen LogP contribution in [-0.4, -0.2) is 37.5 Å². The van der Waals surface area contributed by atoms with Gasteiger partial charge in [-0.3, -0.25) is 4.24 Å². The van der Waals surface area contributed by atoms with Crippen LogP contribution in [0.15, 0.2) is 11.8 Å². The van der Waals surface area contributed by atoms with E-state index in [0.717, 1.165) is 9.84 Å². The zero-order valence-corrected chi connectivity index (χ0v) is 11.5. The molecule has 15 heavy (non-hydrogen) atoms. The smallest absolute Gasteiger partial charge is 0.341 e. The van der Waals surface area contributed by atoms with E-state index in [1.807, 2.05) is 0 Å². The van der Waals surface area contributed by atoms with Crippen LogP contribution in [0.4, 0.5) is 0 Å². The molecule has 2 nitrogen and oxygen atoms in total. The Labute approximate surface area is 96.7 Å². The van der Waals surface area contributed by atoms with Crippen molar-refractivity contribution >= 4 is 15.6 Å². The topological polar surface area (TPSA) is 6.25 Å². The quantitative estimate of drug-likeness (QED) is 0.649. The maximum absolute atomic E-state index is 2.52. The summed E-state index contributed by atoms with van der Waals surface area (Å²) < 4.78 is 5.02. The van der Waals surface area contributed by atoms with Crippen molar-refractivity contribution in [1.29, 1.82) is 0 Å². The molecular weight excluding hydrogens is 200 g/mol. The third-order valence-corrected chi connectivity index (χ3v) is 4.33. The van der Waals surface area contributed by atoms with E-state index in [1.165, 1.54) is 43.8 Å². The maximum Gasteiger partial charge on any atom is 0.644 e. The highest BCUT2D eigenvalue weighted by Crippen LogP contribution is 2.09. The molecule has 0 fully saturated rings. The van der Waals surface area contributed by atoms with Gasteiger partial charge in [-0.05, 0) is 13.3 Å². The molecule has 0 aromatic carbocycles. The first-order valence-electron chi connectivity index (χ1n) is 6.02. The van der Waals surface area contributed by atoms with Gasteiger partial charge in [0.15, 0.2) is 5.71 Å². The normalized spacial score (nSPS) is 17.1. The summed E-state index contributed by atoms with van der Waals surface area (Å²) in [7, 11) is 0.823. The molecule has 0 N–H and O–H groups in total. The van der Waals surface area contributed by atoms with E-state index in [4.69, 9.17) is 0 Å². The van der Waals surface area contributed by atoms with Crippen LogP contribution in [0.5, 0.6) is 0 Å². The largest absolute Gasteiger partial charge is 0.644 e. The monoisotopic (exact) mass is 223 g/mol. The average Bonchev–Trinajstić information content (AvgIpc) is 2.20. The van der Waals surface area contributed by atoms with Gasteiger partial charge in [0.2, 0.25) is 0 Å². The minimum atomic E-state index is 0.823. The van der Waals surface area contributed by atoms with E-state index < -0.39 is 0 Å². The second-order valence-corrected chi connectivity index (χ2v) is 5.46. The second-order valence-electron chi connectivity index (χ2n) is 4.18. The number of allylic oxidation sites excluding steroid dienone is 2. The number of hydrogen-bond donors (Lipinski definition) is 0. The van der Waals surface area contributed by atoms with Crippen molar-refractivity contribution in [3.63, 3.8) is 0 Å². The molecule has 0 spiro atoms. The van der Waals surface area contributed by atoms with Crippen molar-refractivity contribution in [2.45, 2.75) is 47.0 Å². The van der Waals surface area contributed by atoms with Crippen LogP contribution >= 0.6 is 0 Å². The molecule has 2 radical (unpaired) electrons. The number of unbranched alkanes of at least 4 members (excludes halogenated alkanes) is 1. The van der Waals surface area contributed by atoms with E-state index in [1.54, 1.807) is 0 Å². The molecule has 0 aromatic rings. The molecule has 3 heteroatoms. The lowest BCUT2D eigenvalue weighted by Crippen LogP contribution is -2.41. The summed E-state index contributed by atoms with van der Waals surface area (Å²) in [4.78, 5) is 0. The summed E-state index contributed by atoms with van der Waals surface area (Å²) in [5.74, 6) is 0. The zero-order valence-electron chi connectivity index (χ0n) is 10.5. The second kappa shape index (κ2) is 6.11. The van der Waals surface area contributed by atoms with Gasteiger partial charge in [0.1, 0.15) is 6.54 Å². The molecule has 0 saturated heterocycles. The third-order valence-electron chi connectivity index (χ3n) is 2.69. The molecule has 1 rings (SSSR count). The number of nitrogens with zero attached hydrogens (tertiary/aromatic N) is 2. The van der Waals surface area contributed by atoms with Gasteiger partial charge in [-0.25, -0.2) is 0 Å². The van der Waals surface area contributed by atoms with E-state index in [0.29, 0.717) is 0 Å². The SMILES string of the molecule is CCCCN1[Si][N+](CCC)=C(C)C=C1C. The molecule has 1 aliphatic rings. The van der Waals surface area contributed by atoms with Gasteiger partial charge in [-0.1, -0.05) is 20.3 Å². The van der Waals surface area contributed by atoms with Crippen molar-refractivity contribution in [3.05, 3.63) is 11.8 Å². The zero-order chi connectivity index (χ0) is 11.3. The van der Waals surface area contributed by atoms with Crippen LogP contribution in [0.1, 0.15) is 47.0 Å².